The maximum absolute atomic E-state index is 12.2. The number of hydrogen-bond acceptors (Lipinski definition) is 4. The highest BCUT2D eigenvalue weighted by molar-refractivity contribution is 8.12. The maximum atomic E-state index is 12.2. The number of rotatable bonds is 5. The minimum absolute atomic E-state index is 1.51. The van der Waals surface area contributed by atoms with E-state index in [-0.39, 0.29) is 0 Å². The van der Waals surface area contributed by atoms with Crippen molar-refractivity contribution in [2.45, 2.75) is 11.7 Å². The standard InChI is InChI=1S/C4H5F5NO4S2/c5-1-3(6)2-15(11,12)10-16(13,14)4(7,8)9/h3H,1-2H2/q-1. The molecule has 0 aliphatic carbocycles. The van der Waals surface area contributed by atoms with Crippen LogP contribution in [0.15, 0.2) is 0 Å². The Morgan fingerprint density at radius 3 is 1.88 bits per heavy atom. The Bertz CT molecular complexity index is 426. The lowest BCUT2D eigenvalue weighted by Gasteiger charge is -2.22. The van der Waals surface area contributed by atoms with E-state index in [0.29, 0.717) is 0 Å². The van der Waals surface area contributed by atoms with Gasteiger partial charge in [0.1, 0.15) is 12.8 Å². The van der Waals surface area contributed by atoms with E-state index >= 15 is 0 Å². The van der Waals surface area contributed by atoms with Crippen LogP contribution in [0, 0.1) is 0 Å². The topological polar surface area (TPSA) is 82.4 Å². The third kappa shape index (κ3) is 4.57. The second-order valence-corrected chi connectivity index (χ2v) is 6.00. The third-order valence-corrected chi connectivity index (χ3v) is 4.12. The molecule has 16 heavy (non-hydrogen) atoms. The normalized spacial score (nSPS) is 16.1. The Balaban J connectivity index is 4.88. The summed E-state index contributed by atoms with van der Waals surface area (Å²) >= 11 is 0. The van der Waals surface area contributed by atoms with Gasteiger partial charge in [0.05, 0.1) is 15.8 Å². The second kappa shape index (κ2) is 4.79. The Labute approximate surface area is 87.7 Å². The molecule has 0 N–H and O–H groups in total. The zero-order valence-electron chi connectivity index (χ0n) is 7.28. The molecule has 0 fully saturated rings. The summed E-state index contributed by atoms with van der Waals surface area (Å²) in [5.41, 5.74) is -5.90. The number of alkyl halides is 5. The number of nitrogens with zero attached hydrogens (tertiary/aromatic N) is 1. The summed E-state index contributed by atoms with van der Waals surface area (Å²) in [5.74, 6) is -1.77. The number of hydrogen-bond donors (Lipinski definition) is 0. The van der Waals surface area contributed by atoms with E-state index in [1.807, 2.05) is 0 Å². The summed E-state index contributed by atoms with van der Waals surface area (Å²) in [6.45, 7) is -1.78. The predicted molar refractivity (Wildman–Crippen MR) is 43.0 cm³/mol. The van der Waals surface area contributed by atoms with Gasteiger partial charge in [-0.2, -0.15) is 13.2 Å². The molecule has 98 valence electrons. The highest BCUT2D eigenvalue weighted by Crippen LogP contribution is 2.30. The van der Waals surface area contributed by atoms with E-state index in [4.69, 9.17) is 0 Å². The molecule has 1 unspecified atom stereocenters. The average Bonchev–Trinajstić information content (AvgIpc) is 1.98. The molecule has 0 saturated heterocycles. The molecule has 0 radical (unpaired) electrons. The first-order valence-corrected chi connectivity index (χ1v) is 6.44. The molecule has 0 bridgehead atoms. The van der Waals surface area contributed by atoms with Gasteiger partial charge in [-0.1, -0.05) is 0 Å². The molecule has 0 rings (SSSR count). The smallest absolute Gasteiger partial charge is 0.428 e. The van der Waals surface area contributed by atoms with Gasteiger partial charge in [-0.3, -0.25) is 0 Å². The van der Waals surface area contributed by atoms with Crippen LogP contribution in [0.5, 0.6) is 0 Å². The number of sulfonamides is 2. The first kappa shape index (κ1) is 15.5. The van der Waals surface area contributed by atoms with E-state index < -0.39 is 44.2 Å². The van der Waals surface area contributed by atoms with E-state index in [1.165, 1.54) is 4.13 Å². The van der Waals surface area contributed by atoms with Crippen LogP contribution in [0.1, 0.15) is 0 Å². The van der Waals surface area contributed by atoms with Crippen LogP contribution in [0.4, 0.5) is 22.0 Å². The third-order valence-electron chi connectivity index (χ3n) is 1.06. The van der Waals surface area contributed by atoms with Gasteiger partial charge in [-0.05, 0) is 0 Å². The molecule has 0 amide bonds. The van der Waals surface area contributed by atoms with E-state index in [0.717, 1.165) is 0 Å². The summed E-state index contributed by atoms with van der Waals surface area (Å²) in [6, 6.07) is 0. The van der Waals surface area contributed by atoms with Gasteiger partial charge < -0.3 is 4.13 Å². The largest absolute Gasteiger partial charge is 0.480 e. The first-order chi connectivity index (χ1) is 6.91. The van der Waals surface area contributed by atoms with Crippen LogP contribution >= 0.6 is 0 Å². The van der Waals surface area contributed by atoms with Crippen molar-refractivity contribution in [3.63, 3.8) is 0 Å². The summed E-state index contributed by atoms with van der Waals surface area (Å²) in [6.07, 6.45) is -2.63. The fourth-order valence-electron chi connectivity index (χ4n) is 0.495. The lowest BCUT2D eigenvalue weighted by Crippen LogP contribution is -2.27. The fraction of sp³-hybridized carbons (Fsp3) is 1.00. The van der Waals surface area contributed by atoms with Gasteiger partial charge >= 0.3 is 5.51 Å². The molecule has 0 aromatic carbocycles. The second-order valence-electron chi connectivity index (χ2n) is 2.50. The van der Waals surface area contributed by atoms with Gasteiger partial charge in [-0.15, -0.1) is 0 Å². The molecule has 0 aliphatic rings. The first-order valence-electron chi connectivity index (χ1n) is 3.39. The SMILES string of the molecule is O=S(=O)(CC(F)CF)[N-]S(=O)(=O)C(F)(F)F. The van der Waals surface area contributed by atoms with Crippen LogP contribution in [0.2, 0.25) is 0 Å². The van der Waals surface area contributed by atoms with Crippen LogP contribution in [0.25, 0.3) is 4.13 Å². The van der Waals surface area contributed by atoms with Crippen molar-refractivity contribution in [1.82, 2.24) is 0 Å². The highest BCUT2D eigenvalue weighted by Gasteiger charge is 2.40. The van der Waals surface area contributed by atoms with Crippen molar-refractivity contribution >= 4 is 20.0 Å². The average molecular weight is 290 g/mol. The van der Waals surface area contributed by atoms with Gasteiger partial charge in [-0.25, -0.2) is 25.6 Å². The van der Waals surface area contributed by atoms with Crippen LogP contribution < -0.4 is 0 Å². The molecule has 0 heterocycles. The van der Waals surface area contributed by atoms with E-state index in [1.54, 1.807) is 0 Å². The molecule has 1 atom stereocenters. The maximum Gasteiger partial charge on any atom is 0.480 e. The van der Waals surface area contributed by atoms with Gasteiger partial charge in [0.2, 0.25) is 0 Å². The lowest BCUT2D eigenvalue weighted by atomic mass is 10.5. The molecule has 0 aromatic rings. The molecule has 12 heteroatoms. The van der Waals surface area contributed by atoms with Crippen LogP contribution in [-0.4, -0.2) is 40.9 Å². The van der Waals surface area contributed by atoms with Crippen LogP contribution in [-0.2, 0) is 20.0 Å². The lowest BCUT2D eigenvalue weighted by molar-refractivity contribution is -0.0425. The Kier molecular flexibility index (Phi) is 4.64. The van der Waals surface area contributed by atoms with E-state index in [2.05, 4.69) is 0 Å². The minimum Gasteiger partial charge on any atom is -0.428 e. The summed E-state index contributed by atoms with van der Waals surface area (Å²) in [5, 5.41) is 0. The van der Waals surface area contributed by atoms with Crippen molar-refractivity contribution < 1.29 is 38.8 Å². The monoisotopic (exact) mass is 290 g/mol. The molecule has 0 saturated carbocycles. The van der Waals surface area contributed by atoms with E-state index in [9.17, 15) is 38.8 Å². The van der Waals surface area contributed by atoms with Gasteiger partial charge in [0.25, 0.3) is 0 Å². The minimum atomic E-state index is -6.26. The Hall–Kier alpha value is -0.490. The van der Waals surface area contributed by atoms with Crippen molar-refractivity contribution in [3.05, 3.63) is 4.13 Å². The quantitative estimate of drug-likeness (QED) is 0.703. The molecule has 0 spiro atoms. The summed E-state index contributed by atoms with van der Waals surface area (Å²) < 4.78 is 102. The Morgan fingerprint density at radius 1 is 1.12 bits per heavy atom. The van der Waals surface area contributed by atoms with Crippen molar-refractivity contribution in [2.75, 3.05) is 12.4 Å². The zero-order chi connectivity index (χ0) is 13.2. The summed E-state index contributed by atoms with van der Waals surface area (Å²) in [7, 11) is -11.5. The number of halogens is 5. The fourth-order valence-corrected chi connectivity index (χ4v) is 2.82. The zero-order valence-corrected chi connectivity index (χ0v) is 8.91. The van der Waals surface area contributed by atoms with Crippen molar-refractivity contribution in [1.29, 1.82) is 0 Å². The van der Waals surface area contributed by atoms with Crippen LogP contribution in [0.3, 0.4) is 0 Å². The van der Waals surface area contributed by atoms with Crippen molar-refractivity contribution in [3.8, 4) is 0 Å². The van der Waals surface area contributed by atoms with Gasteiger partial charge in [0, 0.05) is 0 Å². The molecule has 0 aromatic heterocycles. The molecular weight excluding hydrogens is 285 g/mol. The highest BCUT2D eigenvalue weighted by atomic mass is 32.3. The molecule has 5 nitrogen and oxygen atoms in total. The Morgan fingerprint density at radius 2 is 1.56 bits per heavy atom. The van der Waals surface area contributed by atoms with Gasteiger partial charge in [0.15, 0.2) is 10.0 Å². The summed E-state index contributed by atoms with van der Waals surface area (Å²) in [4.78, 5) is 0. The molecular formula is C4H5F5NO4S2-. The molecule has 0 aliphatic heterocycles. The predicted octanol–water partition coefficient (Wildman–Crippen LogP) is 0.847. The van der Waals surface area contributed by atoms with Crippen molar-refractivity contribution in [2.24, 2.45) is 0 Å².